The van der Waals surface area contributed by atoms with Gasteiger partial charge in [-0.05, 0) is 25.0 Å². The van der Waals surface area contributed by atoms with Gasteiger partial charge in [-0.25, -0.2) is 13.4 Å². The maximum Gasteiger partial charge on any atom is 0.246 e. The first kappa shape index (κ1) is 14.4. The summed E-state index contributed by atoms with van der Waals surface area (Å²) in [7, 11) is -2.02. The largest absolute Gasteiger partial charge is 0.246 e. The van der Waals surface area contributed by atoms with Gasteiger partial charge in [-0.15, -0.1) is 0 Å². The van der Waals surface area contributed by atoms with Crippen molar-refractivity contribution in [2.75, 3.05) is 7.05 Å². The maximum atomic E-state index is 12.3. The Hall–Kier alpha value is -0.650. The highest BCUT2D eigenvalue weighted by molar-refractivity contribution is 7.89. The van der Waals surface area contributed by atoms with Crippen molar-refractivity contribution in [2.45, 2.75) is 31.7 Å². The summed E-state index contributed by atoms with van der Waals surface area (Å²) in [6.07, 6.45) is 1.47. The number of aromatic nitrogens is 1. The van der Waals surface area contributed by atoms with Crippen molar-refractivity contribution in [1.29, 1.82) is 0 Å². The van der Waals surface area contributed by atoms with Crippen molar-refractivity contribution in [3.63, 3.8) is 0 Å². The summed E-state index contributed by atoms with van der Waals surface area (Å²) >= 11 is 5.82. The lowest BCUT2D eigenvalue weighted by Gasteiger charge is -2.27. The molecule has 0 spiro atoms. The van der Waals surface area contributed by atoms with Crippen molar-refractivity contribution in [2.24, 2.45) is 5.92 Å². The van der Waals surface area contributed by atoms with Gasteiger partial charge in [0.25, 0.3) is 0 Å². The zero-order valence-electron chi connectivity index (χ0n) is 10.4. The van der Waals surface area contributed by atoms with Crippen molar-refractivity contribution < 1.29 is 8.42 Å². The highest BCUT2D eigenvalue weighted by Crippen LogP contribution is 2.24. The van der Waals surface area contributed by atoms with E-state index < -0.39 is 10.0 Å². The van der Waals surface area contributed by atoms with Gasteiger partial charge in [-0.1, -0.05) is 25.4 Å². The van der Waals surface area contributed by atoms with E-state index >= 15 is 0 Å². The average molecular weight is 277 g/mol. The SMILES string of the molecule is CC(C)C(C)N(C)S(=O)(=O)c1cccnc1Cl. The van der Waals surface area contributed by atoms with E-state index in [4.69, 9.17) is 11.6 Å². The average Bonchev–Trinajstić information content (AvgIpc) is 2.27. The molecule has 0 saturated carbocycles. The number of hydrogen-bond donors (Lipinski definition) is 0. The van der Waals surface area contributed by atoms with Gasteiger partial charge in [0.05, 0.1) is 0 Å². The van der Waals surface area contributed by atoms with Gasteiger partial charge in [0.15, 0.2) is 0 Å². The molecule has 17 heavy (non-hydrogen) atoms. The fraction of sp³-hybridized carbons (Fsp3) is 0.545. The molecule has 0 N–H and O–H groups in total. The summed E-state index contributed by atoms with van der Waals surface area (Å²) in [6.45, 7) is 5.82. The van der Waals surface area contributed by atoms with Crippen LogP contribution in [0.2, 0.25) is 5.15 Å². The second kappa shape index (κ2) is 5.33. The summed E-state index contributed by atoms with van der Waals surface area (Å²) < 4.78 is 25.9. The summed E-state index contributed by atoms with van der Waals surface area (Å²) in [5.41, 5.74) is 0. The van der Waals surface area contributed by atoms with Crippen LogP contribution in [0.4, 0.5) is 0 Å². The molecule has 0 radical (unpaired) electrons. The first-order chi connectivity index (χ1) is 7.78. The second-order valence-corrected chi connectivity index (χ2v) is 6.62. The zero-order chi connectivity index (χ0) is 13.2. The summed E-state index contributed by atoms with van der Waals surface area (Å²) in [5, 5.41) is 0.00954. The molecule has 4 nitrogen and oxygen atoms in total. The smallest absolute Gasteiger partial charge is 0.243 e. The van der Waals surface area contributed by atoms with Gasteiger partial charge in [0.2, 0.25) is 10.0 Å². The Morgan fingerprint density at radius 2 is 1.94 bits per heavy atom. The molecule has 1 unspecified atom stereocenters. The number of rotatable bonds is 4. The monoisotopic (exact) mass is 276 g/mol. The Bertz CT molecular complexity index is 488. The Labute approximate surface area is 108 Å². The third kappa shape index (κ3) is 2.97. The molecule has 1 heterocycles. The molecular weight excluding hydrogens is 260 g/mol. The lowest BCUT2D eigenvalue weighted by atomic mass is 10.1. The number of pyridine rings is 1. The normalized spacial score (nSPS) is 14.3. The van der Waals surface area contributed by atoms with Gasteiger partial charge in [-0.3, -0.25) is 0 Å². The summed E-state index contributed by atoms with van der Waals surface area (Å²) in [6, 6.07) is 2.93. The van der Waals surface area contributed by atoms with E-state index in [0.717, 1.165) is 0 Å². The van der Waals surface area contributed by atoms with E-state index in [1.54, 1.807) is 13.1 Å². The number of sulfonamides is 1. The Morgan fingerprint density at radius 1 is 1.35 bits per heavy atom. The first-order valence-corrected chi connectivity index (χ1v) is 7.18. The molecule has 0 aliphatic heterocycles. The fourth-order valence-electron chi connectivity index (χ4n) is 1.36. The number of halogens is 1. The van der Waals surface area contributed by atoms with E-state index in [2.05, 4.69) is 4.98 Å². The standard InChI is InChI=1S/C11H17ClN2O2S/c1-8(2)9(3)14(4)17(15,16)10-6-5-7-13-11(10)12/h5-9H,1-4H3. The van der Waals surface area contributed by atoms with Crippen molar-refractivity contribution >= 4 is 21.6 Å². The molecule has 1 aromatic rings. The molecule has 0 amide bonds. The van der Waals surface area contributed by atoms with E-state index in [1.165, 1.54) is 16.6 Å². The highest BCUT2D eigenvalue weighted by atomic mass is 35.5. The van der Waals surface area contributed by atoms with Crippen LogP contribution >= 0.6 is 11.6 Å². The molecule has 96 valence electrons. The molecule has 0 aromatic carbocycles. The van der Waals surface area contributed by atoms with Gasteiger partial charge < -0.3 is 0 Å². The minimum Gasteiger partial charge on any atom is -0.243 e. The number of hydrogen-bond acceptors (Lipinski definition) is 3. The molecule has 6 heteroatoms. The molecule has 0 fully saturated rings. The van der Waals surface area contributed by atoms with Crippen LogP contribution in [-0.2, 0) is 10.0 Å². The van der Waals surface area contributed by atoms with Crippen LogP contribution < -0.4 is 0 Å². The van der Waals surface area contributed by atoms with Crippen molar-refractivity contribution in [3.05, 3.63) is 23.5 Å². The van der Waals surface area contributed by atoms with Crippen LogP contribution in [0.25, 0.3) is 0 Å². The van der Waals surface area contributed by atoms with Gasteiger partial charge >= 0.3 is 0 Å². The van der Waals surface area contributed by atoms with E-state index in [-0.39, 0.29) is 22.0 Å². The van der Waals surface area contributed by atoms with Crippen LogP contribution in [0.1, 0.15) is 20.8 Å². The predicted molar refractivity (Wildman–Crippen MR) is 68.5 cm³/mol. The molecular formula is C11H17ClN2O2S. The van der Waals surface area contributed by atoms with Gasteiger partial charge in [0, 0.05) is 19.3 Å². The molecule has 0 bridgehead atoms. The Morgan fingerprint density at radius 3 is 2.41 bits per heavy atom. The summed E-state index contributed by atoms with van der Waals surface area (Å²) in [5.74, 6) is 0.227. The lowest BCUT2D eigenvalue weighted by molar-refractivity contribution is 0.315. The van der Waals surface area contributed by atoms with Gasteiger partial charge in [0.1, 0.15) is 10.0 Å². The summed E-state index contributed by atoms with van der Waals surface area (Å²) in [4.78, 5) is 3.84. The minimum atomic E-state index is -3.58. The Balaban J connectivity index is 3.17. The minimum absolute atomic E-state index is 0.00954. The third-order valence-electron chi connectivity index (χ3n) is 2.92. The number of nitrogens with zero attached hydrogens (tertiary/aromatic N) is 2. The van der Waals surface area contributed by atoms with Crippen LogP contribution in [0.15, 0.2) is 23.2 Å². The van der Waals surface area contributed by atoms with E-state index in [0.29, 0.717) is 0 Å². The second-order valence-electron chi connectivity index (χ2n) is 4.30. The van der Waals surface area contributed by atoms with E-state index in [9.17, 15) is 8.42 Å². The molecule has 1 rings (SSSR count). The molecule has 0 aliphatic carbocycles. The third-order valence-corrected chi connectivity index (χ3v) is 5.31. The maximum absolute atomic E-state index is 12.3. The molecule has 1 atom stereocenters. The van der Waals surface area contributed by atoms with Crippen molar-refractivity contribution in [1.82, 2.24) is 9.29 Å². The van der Waals surface area contributed by atoms with Crippen molar-refractivity contribution in [3.8, 4) is 0 Å². The molecule has 0 saturated heterocycles. The highest BCUT2D eigenvalue weighted by Gasteiger charge is 2.28. The van der Waals surface area contributed by atoms with E-state index in [1.807, 2.05) is 20.8 Å². The molecule has 0 aliphatic rings. The van der Waals surface area contributed by atoms with Crippen LogP contribution in [0.3, 0.4) is 0 Å². The van der Waals surface area contributed by atoms with Crippen LogP contribution in [0, 0.1) is 5.92 Å². The van der Waals surface area contributed by atoms with Crippen LogP contribution in [0.5, 0.6) is 0 Å². The van der Waals surface area contributed by atoms with Crippen LogP contribution in [-0.4, -0.2) is 30.8 Å². The quantitative estimate of drug-likeness (QED) is 0.794. The predicted octanol–water partition coefficient (Wildman–Crippen LogP) is 2.40. The molecule has 1 aromatic heterocycles. The fourth-order valence-corrected chi connectivity index (χ4v) is 3.28. The first-order valence-electron chi connectivity index (χ1n) is 5.37. The van der Waals surface area contributed by atoms with Gasteiger partial charge in [-0.2, -0.15) is 4.31 Å². The Kier molecular flexibility index (Phi) is 4.52. The topological polar surface area (TPSA) is 50.3 Å². The zero-order valence-corrected chi connectivity index (χ0v) is 12.0. The lowest BCUT2D eigenvalue weighted by Crippen LogP contribution is -2.38.